The molecule has 6 nitrogen and oxygen atoms in total. The molecule has 0 heterocycles. The van der Waals surface area contributed by atoms with Crippen molar-refractivity contribution in [1.29, 1.82) is 0 Å². The second-order valence-electron chi connectivity index (χ2n) is 6.58. The zero-order valence-corrected chi connectivity index (χ0v) is 17.8. The molecule has 2 rings (SSSR count). The summed E-state index contributed by atoms with van der Waals surface area (Å²) in [4.78, 5) is 14.4. The molecule has 1 N–H and O–H groups in total. The fourth-order valence-electron chi connectivity index (χ4n) is 2.71. The Hall–Kier alpha value is -2.09. The van der Waals surface area contributed by atoms with Crippen molar-refractivity contribution in [2.24, 2.45) is 0 Å². The highest BCUT2D eigenvalue weighted by atomic mass is 35.5. The molecule has 2 aromatic rings. The summed E-state index contributed by atoms with van der Waals surface area (Å²) in [6, 6.07) is 13.5. The molecule has 1 atom stereocenters. The van der Waals surface area contributed by atoms with Gasteiger partial charge in [-0.25, -0.2) is 8.42 Å². The van der Waals surface area contributed by atoms with Crippen LogP contribution in [-0.4, -0.2) is 52.7 Å². The third-order valence-electron chi connectivity index (χ3n) is 4.39. The van der Waals surface area contributed by atoms with E-state index in [1.54, 1.807) is 7.11 Å². The molecule has 1 amide bonds. The summed E-state index contributed by atoms with van der Waals surface area (Å²) in [6.45, 7) is 0.374. The number of carbonyl (C=O) groups is 1. The van der Waals surface area contributed by atoms with E-state index in [-0.39, 0.29) is 29.0 Å². The highest BCUT2D eigenvalue weighted by Crippen LogP contribution is 2.21. The molecule has 2 aromatic carbocycles. The first-order valence-electron chi connectivity index (χ1n) is 8.78. The molecular formula is C20H25ClN2O4S. The zero-order chi connectivity index (χ0) is 20.7. The Bertz CT molecular complexity index is 881. The minimum absolute atomic E-state index is 0.0391. The Morgan fingerprint density at radius 3 is 2.25 bits per heavy atom. The summed E-state index contributed by atoms with van der Waals surface area (Å²) in [5.41, 5.74) is 1.03. The molecular weight excluding hydrogens is 400 g/mol. The molecule has 0 bridgehead atoms. The predicted octanol–water partition coefficient (Wildman–Crippen LogP) is 2.93. The number of likely N-dealkylation sites (N-methyl/N-ethyl adjacent to an activating group) is 1. The van der Waals surface area contributed by atoms with Gasteiger partial charge in [0.05, 0.1) is 23.8 Å². The molecule has 0 aliphatic carbocycles. The second-order valence-corrected chi connectivity index (χ2v) is 9.13. The number of methoxy groups -OCH3 is 1. The van der Waals surface area contributed by atoms with Crippen LogP contribution in [0.5, 0.6) is 5.75 Å². The van der Waals surface area contributed by atoms with Gasteiger partial charge in [-0.3, -0.25) is 4.79 Å². The monoisotopic (exact) mass is 424 g/mol. The molecule has 0 aliphatic heterocycles. The third-order valence-corrected chi connectivity index (χ3v) is 6.37. The van der Waals surface area contributed by atoms with E-state index in [4.69, 9.17) is 16.3 Å². The maximum atomic E-state index is 12.3. The number of ether oxygens (including phenoxy) is 1. The molecule has 0 saturated heterocycles. The van der Waals surface area contributed by atoms with Crippen LogP contribution in [0, 0.1) is 0 Å². The van der Waals surface area contributed by atoms with Crippen LogP contribution in [0.2, 0.25) is 5.02 Å². The third kappa shape index (κ3) is 6.22. The molecule has 0 aromatic heterocycles. The lowest BCUT2D eigenvalue weighted by molar-refractivity contribution is -0.120. The van der Waals surface area contributed by atoms with Crippen molar-refractivity contribution in [2.45, 2.75) is 17.4 Å². The molecule has 0 aliphatic rings. The Labute approximate surface area is 171 Å². The Balaban J connectivity index is 1.92. The van der Waals surface area contributed by atoms with Crippen LogP contribution >= 0.6 is 11.6 Å². The summed E-state index contributed by atoms with van der Waals surface area (Å²) < 4.78 is 29.8. The van der Waals surface area contributed by atoms with Crippen molar-refractivity contribution in [1.82, 2.24) is 10.2 Å². The lowest BCUT2D eigenvalue weighted by Gasteiger charge is -2.25. The average molecular weight is 425 g/mol. The molecule has 152 valence electrons. The van der Waals surface area contributed by atoms with Crippen LogP contribution in [0.1, 0.15) is 18.0 Å². The number of nitrogens with zero attached hydrogens (tertiary/aromatic N) is 1. The highest BCUT2D eigenvalue weighted by Gasteiger charge is 2.19. The normalized spacial score (nSPS) is 12.6. The van der Waals surface area contributed by atoms with Gasteiger partial charge in [0.25, 0.3) is 0 Å². The molecule has 1 unspecified atom stereocenters. The van der Waals surface area contributed by atoms with Crippen LogP contribution in [0.3, 0.4) is 0 Å². The second kappa shape index (κ2) is 9.91. The van der Waals surface area contributed by atoms with Crippen molar-refractivity contribution in [3.05, 3.63) is 59.1 Å². The number of rotatable bonds is 9. The minimum Gasteiger partial charge on any atom is -0.497 e. The van der Waals surface area contributed by atoms with Crippen LogP contribution in [0.15, 0.2) is 53.4 Å². The molecule has 8 heteroatoms. The van der Waals surface area contributed by atoms with E-state index in [2.05, 4.69) is 5.32 Å². The van der Waals surface area contributed by atoms with Crippen LogP contribution < -0.4 is 10.1 Å². The van der Waals surface area contributed by atoms with Crippen LogP contribution in [0.4, 0.5) is 0 Å². The molecule has 0 fully saturated rings. The largest absolute Gasteiger partial charge is 0.497 e. The topological polar surface area (TPSA) is 75.7 Å². The first-order chi connectivity index (χ1) is 13.2. The van der Waals surface area contributed by atoms with E-state index >= 15 is 0 Å². The number of hydrogen-bond donors (Lipinski definition) is 1. The van der Waals surface area contributed by atoms with Crippen molar-refractivity contribution in [3.8, 4) is 5.75 Å². The minimum atomic E-state index is -3.53. The Morgan fingerprint density at radius 1 is 1.11 bits per heavy atom. The van der Waals surface area contributed by atoms with E-state index in [0.29, 0.717) is 11.6 Å². The van der Waals surface area contributed by atoms with Gasteiger partial charge in [-0.15, -0.1) is 0 Å². The van der Waals surface area contributed by atoms with Gasteiger partial charge in [0, 0.05) is 18.0 Å². The summed E-state index contributed by atoms with van der Waals surface area (Å²) >= 11 is 5.78. The number of nitrogens with one attached hydrogen (secondary N) is 1. The summed E-state index contributed by atoms with van der Waals surface area (Å²) in [5, 5.41) is 3.29. The lowest BCUT2D eigenvalue weighted by Crippen LogP contribution is -2.35. The summed E-state index contributed by atoms with van der Waals surface area (Å²) in [7, 11) is 1.92. The van der Waals surface area contributed by atoms with Crippen molar-refractivity contribution >= 4 is 27.3 Å². The number of hydrogen-bond acceptors (Lipinski definition) is 5. The first-order valence-corrected chi connectivity index (χ1v) is 10.8. The van der Waals surface area contributed by atoms with E-state index in [1.165, 1.54) is 24.3 Å². The first kappa shape index (κ1) is 22.2. The predicted molar refractivity (Wildman–Crippen MR) is 111 cm³/mol. The van der Waals surface area contributed by atoms with Crippen molar-refractivity contribution in [3.63, 3.8) is 0 Å². The van der Waals surface area contributed by atoms with Gasteiger partial charge < -0.3 is 15.0 Å². The van der Waals surface area contributed by atoms with Gasteiger partial charge in [0.15, 0.2) is 9.84 Å². The quantitative estimate of drug-likeness (QED) is 0.669. The SMILES string of the molecule is COc1ccc(C(CNC(=O)CCS(=O)(=O)c2ccc(Cl)cc2)N(C)C)cc1. The average Bonchev–Trinajstić information content (AvgIpc) is 2.67. The highest BCUT2D eigenvalue weighted by molar-refractivity contribution is 7.91. The molecule has 0 radical (unpaired) electrons. The van der Waals surface area contributed by atoms with Gasteiger partial charge in [-0.2, -0.15) is 0 Å². The van der Waals surface area contributed by atoms with Crippen molar-refractivity contribution in [2.75, 3.05) is 33.5 Å². The van der Waals surface area contributed by atoms with Gasteiger partial charge in [0.2, 0.25) is 5.91 Å². The van der Waals surface area contributed by atoms with Crippen LogP contribution in [-0.2, 0) is 14.6 Å². The van der Waals surface area contributed by atoms with E-state index in [0.717, 1.165) is 11.3 Å². The summed E-state index contributed by atoms with van der Waals surface area (Å²) in [5.74, 6) is 0.200. The van der Waals surface area contributed by atoms with Gasteiger partial charge in [-0.1, -0.05) is 23.7 Å². The Morgan fingerprint density at radius 2 is 1.71 bits per heavy atom. The standard InChI is InChI=1S/C20H25ClN2O4S/c1-23(2)19(15-4-8-17(27-3)9-5-15)14-22-20(24)12-13-28(25,26)18-10-6-16(21)7-11-18/h4-11,19H,12-14H2,1-3H3,(H,22,24). The number of amides is 1. The molecule has 0 saturated carbocycles. The van der Waals surface area contributed by atoms with Gasteiger partial charge >= 0.3 is 0 Å². The van der Waals surface area contributed by atoms with Crippen LogP contribution in [0.25, 0.3) is 0 Å². The van der Waals surface area contributed by atoms with Gasteiger partial charge in [0.1, 0.15) is 5.75 Å². The number of halogens is 1. The number of sulfone groups is 1. The van der Waals surface area contributed by atoms with E-state index in [1.807, 2.05) is 43.3 Å². The maximum Gasteiger partial charge on any atom is 0.221 e. The Kier molecular flexibility index (Phi) is 7.86. The van der Waals surface area contributed by atoms with E-state index < -0.39 is 9.84 Å². The molecule has 28 heavy (non-hydrogen) atoms. The lowest BCUT2D eigenvalue weighted by atomic mass is 10.1. The van der Waals surface area contributed by atoms with E-state index in [9.17, 15) is 13.2 Å². The number of benzene rings is 2. The fourth-order valence-corrected chi connectivity index (χ4v) is 4.08. The fraction of sp³-hybridized carbons (Fsp3) is 0.350. The summed E-state index contributed by atoms with van der Waals surface area (Å²) in [6.07, 6.45) is -0.103. The zero-order valence-electron chi connectivity index (χ0n) is 16.2. The van der Waals surface area contributed by atoms with Gasteiger partial charge in [-0.05, 0) is 56.1 Å². The van der Waals surface area contributed by atoms with Crippen molar-refractivity contribution < 1.29 is 17.9 Å². The number of carbonyl (C=O) groups excluding carboxylic acids is 1. The smallest absolute Gasteiger partial charge is 0.221 e. The maximum absolute atomic E-state index is 12.3. The molecule has 0 spiro atoms.